The fourth-order valence-corrected chi connectivity index (χ4v) is 2.56. The Bertz CT molecular complexity index is 188. The normalized spacial score (nSPS) is 42.2. The van der Waals surface area contributed by atoms with Crippen LogP contribution in [0.1, 0.15) is 26.2 Å². The summed E-state index contributed by atoms with van der Waals surface area (Å²) in [5, 5.41) is 3.17. The van der Waals surface area contributed by atoms with Crippen LogP contribution in [-0.2, 0) is 0 Å². The summed E-state index contributed by atoms with van der Waals surface area (Å²) in [6.45, 7) is 3.36. The summed E-state index contributed by atoms with van der Waals surface area (Å²) in [4.78, 5) is 0. The number of hydrogen-bond donors (Lipinski definition) is 1. The highest BCUT2D eigenvalue weighted by molar-refractivity contribution is 5.85. The monoisotopic (exact) mass is 211 g/mol. The maximum absolute atomic E-state index is 13.2. The summed E-state index contributed by atoms with van der Waals surface area (Å²) in [6, 6.07) is 0. The van der Waals surface area contributed by atoms with Crippen LogP contribution in [0.25, 0.3) is 0 Å². The van der Waals surface area contributed by atoms with Gasteiger partial charge in [-0.15, -0.1) is 12.4 Å². The van der Waals surface area contributed by atoms with Crippen molar-refractivity contribution in [3.05, 3.63) is 0 Å². The lowest BCUT2D eigenvalue weighted by atomic mass is 9.94. The molecule has 0 aromatic heterocycles. The second-order valence-electron chi connectivity index (χ2n) is 4.10. The topological polar surface area (TPSA) is 12.0 Å². The SMILES string of the molecule is CC1C(F)(F)C12CCCNCC2.Cl. The first kappa shape index (κ1) is 11.2. The van der Waals surface area contributed by atoms with Crippen LogP contribution in [0.15, 0.2) is 0 Å². The van der Waals surface area contributed by atoms with Crippen molar-refractivity contribution in [1.82, 2.24) is 5.32 Å². The quantitative estimate of drug-likeness (QED) is 0.649. The van der Waals surface area contributed by atoms with E-state index >= 15 is 0 Å². The lowest BCUT2D eigenvalue weighted by Crippen LogP contribution is -2.16. The van der Waals surface area contributed by atoms with Crippen molar-refractivity contribution < 1.29 is 8.78 Å². The molecule has 1 aliphatic carbocycles. The van der Waals surface area contributed by atoms with Crippen LogP contribution in [0.4, 0.5) is 8.78 Å². The minimum Gasteiger partial charge on any atom is -0.317 e. The van der Waals surface area contributed by atoms with E-state index in [4.69, 9.17) is 0 Å². The average molecular weight is 212 g/mol. The maximum atomic E-state index is 13.2. The van der Waals surface area contributed by atoms with Crippen molar-refractivity contribution in [3.8, 4) is 0 Å². The van der Waals surface area contributed by atoms with Crippen molar-refractivity contribution in [2.75, 3.05) is 13.1 Å². The zero-order chi connectivity index (χ0) is 8.82. The molecule has 2 rings (SSSR count). The molecule has 2 atom stereocenters. The Morgan fingerprint density at radius 2 is 1.85 bits per heavy atom. The summed E-state index contributed by atoms with van der Waals surface area (Å²) >= 11 is 0. The first-order valence-corrected chi connectivity index (χ1v) is 4.70. The van der Waals surface area contributed by atoms with Crippen molar-refractivity contribution in [3.63, 3.8) is 0 Å². The molecule has 0 radical (unpaired) electrons. The largest absolute Gasteiger partial charge is 0.317 e. The molecule has 1 saturated carbocycles. The van der Waals surface area contributed by atoms with Gasteiger partial charge >= 0.3 is 0 Å². The van der Waals surface area contributed by atoms with Crippen LogP contribution in [-0.4, -0.2) is 19.0 Å². The highest BCUT2D eigenvalue weighted by Crippen LogP contribution is 2.70. The zero-order valence-corrected chi connectivity index (χ0v) is 8.59. The average Bonchev–Trinajstić information content (AvgIpc) is 2.58. The molecule has 0 aromatic rings. The number of rotatable bonds is 0. The second-order valence-corrected chi connectivity index (χ2v) is 4.10. The molecule has 2 fully saturated rings. The summed E-state index contributed by atoms with van der Waals surface area (Å²) < 4.78 is 26.4. The second kappa shape index (κ2) is 3.35. The van der Waals surface area contributed by atoms with Gasteiger partial charge in [-0.1, -0.05) is 6.92 Å². The molecule has 4 heteroatoms. The first-order valence-electron chi connectivity index (χ1n) is 4.70. The van der Waals surface area contributed by atoms with Gasteiger partial charge in [0.15, 0.2) is 0 Å². The van der Waals surface area contributed by atoms with Crippen LogP contribution in [0.2, 0.25) is 0 Å². The van der Waals surface area contributed by atoms with Crippen LogP contribution < -0.4 is 5.32 Å². The van der Waals surface area contributed by atoms with E-state index in [9.17, 15) is 8.78 Å². The Kier molecular flexibility index (Phi) is 2.89. The Balaban J connectivity index is 0.000000845. The van der Waals surface area contributed by atoms with Crippen molar-refractivity contribution in [2.24, 2.45) is 11.3 Å². The van der Waals surface area contributed by atoms with Gasteiger partial charge < -0.3 is 5.32 Å². The molecule has 0 amide bonds. The van der Waals surface area contributed by atoms with Gasteiger partial charge in [-0.2, -0.15) is 0 Å². The molecule has 2 aliphatic rings. The smallest absolute Gasteiger partial charge is 0.257 e. The van der Waals surface area contributed by atoms with Gasteiger partial charge in [0.25, 0.3) is 5.92 Å². The van der Waals surface area contributed by atoms with Gasteiger partial charge in [-0.3, -0.25) is 0 Å². The molecule has 13 heavy (non-hydrogen) atoms. The summed E-state index contributed by atoms with van der Waals surface area (Å²) in [5.74, 6) is -2.76. The summed E-state index contributed by atoms with van der Waals surface area (Å²) in [5.41, 5.74) is -0.628. The predicted molar refractivity (Wildman–Crippen MR) is 50.5 cm³/mol. The fraction of sp³-hybridized carbons (Fsp3) is 1.00. The molecule has 0 bridgehead atoms. The molecule has 1 spiro atoms. The van der Waals surface area contributed by atoms with Gasteiger partial charge in [0, 0.05) is 11.3 Å². The molecule has 2 unspecified atom stereocenters. The molecule has 1 aliphatic heterocycles. The van der Waals surface area contributed by atoms with Gasteiger partial charge in [0.05, 0.1) is 0 Å². The lowest BCUT2D eigenvalue weighted by molar-refractivity contribution is 0.0537. The molecular weight excluding hydrogens is 196 g/mol. The Morgan fingerprint density at radius 1 is 1.23 bits per heavy atom. The van der Waals surface area contributed by atoms with Crippen molar-refractivity contribution in [2.45, 2.75) is 32.1 Å². The minimum absolute atomic E-state index is 0. The van der Waals surface area contributed by atoms with Crippen LogP contribution in [0, 0.1) is 11.3 Å². The Morgan fingerprint density at radius 3 is 2.38 bits per heavy atom. The van der Waals surface area contributed by atoms with E-state index in [1.54, 1.807) is 6.92 Å². The molecule has 0 aromatic carbocycles. The number of hydrogen-bond acceptors (Lipinski definition) is 1. The fourth-order valence-electron chi connectivity index (χ4n) is 2.56. The molecule has 1 saturated heterocycles. The first-order chi connectivity index (χ1) is 5.61. The summed E-state index contributed by atoms with van der Waals surface area (Å²) in [6.07, 6.45) is 2.26. The standard InChI is InChI=1S/C9H15F2N.ClH/c1-7-8(9(7,10)11)3-2-5-12-6-4-8;/h7,12H,2-6H2,1H3;1H. The highest BCUT2D eigenvalue weighted by Gasteiger charge is 2.76. The third-order valence-corrected chi connectivity index (χ3v) is 3.68. The van der Waals surface area contributed by atoms with Crippen molar-refractivity contribution >= 4 is 12.4 Å². The molecule has 1 N–H and O–H groups in total. The van der Waals surface area contributed by atoms with E-state index in [0.717, 1.165) is 19.5 Å². The minimum atomic E-state index is -2.38. The zero-order valence-electron chi connectivity index (χ0n) is 7.78. The Labute approximate surface area is 83.7 Å². The number of halogens is 3. The molecular formula is C9H16ClF2N. The van der Waals surface area contributed by atoms with Gasteiger partial charge in [0.1, 0.15) is 0 Å². The van der Waals surface area contributed by atoms with Crippen molar-refractivity contribution in [1.29, 1.82) is 0 Å². The molecule has 78 valence electrons. The van der Waals surface area contributed by atoms with Crippen LogP contribution in [0.3, 0.4) is 0 Å². The third kappa shape index (κ3) is 1.37. The number of alkyl halides is 2. The van der Waals surface area contributed by atoms with Crippen LogP contribution >= 0.6 is 12.4 Å². The maximum Gasteiger partial charge on any atom is 0.257 e. The lowest BCUT2D eigenvalue weighted by Gasteiger charge is -2.11. The Hall–Kier alpha value is 0.110. The predicted octanol–water partition coefficient (Wildman–Crippen LogP) is 2.45. The highest BCUT2D eigenvalue weighted by atomic mass is 35.5. The van der Waals surface area contributed by atoms with E-state index < -0.39 is 11.3 Å². The number of nitrogens with one attached hydrogen (secondary N) is 1. The third-order valence-electron chi connectivity index (χ3n) is 3.68. The van der Waals surface area contributed by atoms with E-state index in [2.05, 4.69) is 5.32 Å². The van der Waals surface area contributed by atoms with Gasteiger partial charge in [-0.25, -0.2) is 8.78 Å². The van der Waals surface area contributed by atoms with E-state index in [1.807, 2.05) is 0 Å². The van der Waals surface area contributed by atoms with Gasteiger partial charge in [-0.05, 0) is 32.4 Å². The van der Waals surface area contributed by atoms with E-state index in [-0.39, 0.29) is 18.3 Å². The van der Waals surface area contributed by atoms with E-state index in [1.165, 1.54) is 0 Å². The molecule has 1 nitrogen and oxygen atoms in total. The van der Waals surface area contributed by atoms with Crippen LogP contribution in [0.5, 0.6) is 0 Å². The molecule has 1 heterocycles. The summed E-state index contributed by atoms with van der Waals surface area (Å²) in [7, 11) is 0. The van der Waals surface area contributed by atoms with E-state index in [0.29, 0.717) is 12.8 Å². The van der Waals surface area contributed by atoms with Gasteiger partial charge in [0.2, 0.25) is 0 Å².